The molecule has 0 spiro atoms. The molecule has 0 saturated heterocycles. The normalized spacial score (nSPS) is 11.6. The molecule has 21 heteroatoms. The van der Waals surface area contributed by atoms with Gasteiger partial charge in [0.1, 0.15) is 107 Å². The van der Waals surface area contributed by atoms with E-state index in [1.807, 2.05) is 166 Å². The minimum Gasteiger partial charge on any atom is -0.497 e. The van der Waals surface area contributed by atoms with Gasteiger partial charge < -0.3 is 71.5 Å². The van der Waals surface area contributed by atoms with Crippen LogP contribution in [0.2, 0.25) is 0 Å². The van der Waals surface area contributed by atoms with Crippen molar-refractivity contribution >= 4 is 35.8 Å². The Morgan fingerprint density at radius 2 is 0.509 bits per heavy atom. The first-order valence-electron chi connectivity index (χ1n) is 35.5. The number of nitrogens with zero attached hydrogens (tertiary/aromatic N) is 3. The fourth-order valence-corrected chi connectivity index (χ4v) is 11.2. The summed E-state index contributed by atoms with van der Waals surface area (Å²) >= 11 is 0. The first kappa shape index (κ1) is 83.7. The molecule has 0 saturated carbocycles. The van der Waals surface area contributed by atoms with Crippen molar-refractivity contribution in [1.82, 2.24) is 14.7 Å². The van der Waals surface area contributed by atoms with Gasteiger partial charge in [0.05, 0.1) is 21.3 Å². The number of methoxy groups -OCH3 is 3. The highest BCUT2D eigenvalue weighted by Crippen LogP contribution is 2.28. The minimum atomic E-state index is -0.574. The molecule has 0 amide bonds. The van der Waals surface area contributed by atoms with E-state index >= 15 is 0 Å². The molecule has 9 aromatic carbocycles. The van der Waals surface area contributed by atoms with Crippen LogP contribution in [0, 0.1) is 0 Å². The number of likely N-dealkylation sites (N-methyl/N-ethyl adjacent to an activating group) is 3. The van der Waals surface area contributed by atoms with Crippen LogP contribution in [0.3, 0.4) is 0 Å². The van der Waals surface area contributed by atoms with E-state index in [1.54, 1.807) is 94.1 Å². The van der Waals surface area contributed by atoms with Gasteiger partial charge in [0.2, 0.25) is 0 Å². The molecule has 0 heterocycles. The Morgan fingerprint density at radius 3 is 0.731 bits per heavy atom. The topological polar surface area (TPSA) is 223 Å². The highest BCUT2D eigenvalue weighted by atomic mass is 16.6. The molecular weight excluding hydrogens is 1370 g/mol. The van der Waals surface area contributed by atoms with Gasteiger partial charge >= 0.3 is 35.8 Å². The number of hydrogen-bond donors (Lipinski definition) is 0. The number of carbonyl (C=O) groups excluding carboxylic acids is 6. The Bertz CT molecular complexity index is 3860. The minimum absolute atomic E-state index is 0.170. The second-order valence-corrected chi connectivity index (χ2v) is 25.9. The molecule has 0 bridgehead atoms. The maximum absolute atomic E-state index is 12.9. The monoisotopic (exact) mass is 1470 g/mol. The summed E-state index contributed by atoms with van der Waals surface area (Å²) in [7, 11) is 16.4. The Hall–Kier alpha value is -11.5. The van der Waals surface area contributed by atoms with Crippen LogP contribution in [-0.2, 0) is 67.1 Å². The van der Waals surface area contributed by atoms with Crippen molar-refractivity contribution in [2.45, 2.75) is 77.6 Å². The summed E-state index contributed by atoms with van der Waals surface area (Å²) in [5.41, 5.74) is 7.41. The lowest BCUT2D eigenvalue weighted by molar-refractivity contribution is -0.132. The third-order valence-electron chi connectivity index (χ3n) is 16.3. The van der Waals surface area contributed by atoms with Crippen LogP contribution in [0.15, 0.2) is 218 Å². The second kappa shape index (κ2) is 44.4. The maximum atomic E-state index is 12.9. The smallest absolute Gasteiger partial charge is 0.342 e. The van der Waals surface area contributed by atoms with Gasteiger partial charge in [-0.2, -0.15) is 0 Å². The Kier molecular flexibility index (Phi) is 34.5. The number of carbonyl (C=O) groups is 6. The molecule has 0 fully saturated rings. The van der Waals surface area contributed by atoms with Crippen LogP contribution in [-0.4, -0.2) is 172 Å². The highest BCUT2D eigenvalue weighted by molar-refractivity contribution is 5.95. The molecule has 9 aromatic rings. The third kappa shape index (κ3) is 29.1. The van der Waals surface area contributed by atoms with Crippen LogP contribution in [0.5, 0.6) is 51.7 Å². The summed E-state index contributed by atoms with van der Waals surface area (Å²) < 4.78 is 66.9. The molecule has 570 valence electrons. The van der Waals surface area contributed by atoms with Crippen molar-refractivity contribution in [3.63, 3.8) is 0 Å². The molecular formula is C87H99N3O18. The summed E-state index contributed by atoms with van der Waals surface area (Å²) in [4.78, 5) is 78.8. The molecule has 21 nitrogen and oxygen atoms in total. The van der Waals surface area contributed by atoms with Crippen LogP contribution >= 0.6 is 0 Å². The number of rotatable bonds is 36. The Balaban J connectivity index is 0.000000226. The molecule has 3 atom stereocenters. The van der Waals surface area contributed by atoms with E-state index in [0.717, 1.165) is 89.7 Å². The van der Waals surface area contributed by atoms with E-state index in [0.29, 0.717) is 19.6 Å². The van der Waals surface area contributed by atoms with E-state index in [4.69, 9.17) is 56.8 Å². The average Bonchev–Trinajstić information content (AvgIpc) is 0.858. The first-order valence-corrected chi connectivity index (χ1v) is 35.5. The maximum Gasteiger partial charge on any atom is 0.342 e. The van der Waals surface area contributed by atoms with E-state index in [-0.39, 0.29) is 53.8 Å². The molecule has 0 N–H and O–H groups in total. The van der Waals surface area contributed by atoms with E-state index in [1.165, 1.54) is 37.5 Å². The van der Waals surface area contributed by atoms with Gasteiger partial charge in [-0.15, -0.1) is 0 Å². The van der Waals surface area contributed by atoms with E-state index in [2.05, 4.69) is 36.4 Å². The second-order valence-electron chi connectivity index (χ2n) is 25.9. The fourth-order valence-electron chi connectivity index (χ4n) is 11.2. The molecule has 1 unspecified atom stereocenters. The lowest BCUT2D eigenvalue weighted by atomic mass is 10.0. The zero-order valence-corrected chi connectivity index (χ0v) is 63.7. The van der Waals surface area contributed by atoms with E-state index in [9.17, 15) is 28.8 Å². The molecule has 0 radical (unpaired) electrons. The summed E-state index contributed by atoms with van der Waals surface area (Å²) in [5.74, 6) is 2.04. The Morgan fingerprint density at radius 1 is 0.287 bits per heavy atom. The van der Waals surface area contributed by atoms with Crippen LogP contribution in [0.4, 0.5) is 0 Å². The van der Waals surface area contributed by atoms with Crippen LogP contribution in [0.1, 0.15) is 85.2 Å². The number of ether oxygens (including phenoxy) is 12. The summed E-state index contributed by atoms with van der Waals surface area (Å²) in [5, 5.41) is 0. The van der Waals surface area contributed by atoms with Crippen molar-refractivity contribution in [3.05, 3.63) is 268 Å². The van der Waals surface area contributed by atoms with E-state index < -0.39 is 54.1 Å². The van der Waals surface area contributed by atoms with Crippen molar-refractivity contribution < 1.29 is 85.6 Å². The predicted octanol–water partition coefficient (Wildman–Crippen LogP) is 13.7. The fraction of sp³-hybridized carbons (Fsp3) is 0.310. The quantitative estimate of drug-likeness (QED) is 0.0202. The largest absolute Gasteiger partial charge is 0.497 e. The SMILES string of the molecule is COc1ccc(CCc2ccccc2OCC(CN(C)C)OC(=O)c2ccccc2OC(C)=O)cc1.COc1ccc(CCc2ccccc2OC[C@H](CN(C)C)OC(=O)c2ccccc2OC(C)=O)cc1.COc1ccc(CCc2ccccc2OC[C@H](CN(C)C)OC(=O)c2ccccc2OC(C)=O)cc1. The summed E-state index contributed by atoms with van der Waals surface area (Å²) in [6, 6.07) is 67.3. The lowest BCUT2D eigenvalue weighted by Gasteiger charge is -2.23. The predicted molar refractivity (Wildman–Crippen MR) is 414 cm³/mol. The van der Waals surface area contributed by atoms with Crippen molar-refractivity contribution in [2.75, 3.05) is 103 Å². The number of benzene rings is 9. The van der Waals surface area contributed by atoms with Gasteiger partial charge in [-0.05, 0) is 205 Å². The number of hydrogen-bond acceptors (Lipinski definition) is 21. The Labute approximate surface area is 634 Å². The summed E-state index contributed by atoms with van der Waals surface area (Å²) in [6.07, 6.45) is 3.37. The van der Waals surface area contributed by atoms with Crippen molar-refractivity contribution in [2.24, 2.45) is 0 Å². The lowest BCUT2D eigenvalue weighted by Crippen LogP contribution is -2.35. The standard InChI is InChI=1S/3C29H33NO6/c3*1-21(31)35-28-12-8-6-10-26(28)29(32)36-25(19-30(2)3)20-34-27-11-7-5-9-23(27)16-13-22-14-17-24(33-4)18-15-22/h3*5-12,14-15,17-18,25H,13,16,19-20H2,1-4H3/t2*25-;/m00./s1. The molecule has 0 aromatic heterocycles. The number of aryl methyl sites for hydroxylation is 6. The molecule has 0 aliphatic heterocycles. The van der Waals surface area contributed by atoms with Gasteiger partial charge in [0.25, 0.3) is 0 Å². The van der Waals surface area contributed by atoms with Gasteiger partial charge in [-0.25, -0.2) is 14.4 Å². The van der Waals surface area contributed by atoms with Gasteiger partial charge in [-0.3, -0.25) is 14.4 Å². The average molecular weight is 1470 g/mol. The van der Waals surface area contributed by atoms with Crippen LogP contribution < -0.4 is 42.6 Å². The molecule has 0 aliphatic carbocycles. The first-order chi connectivity index (χ1) is 52.1. The van der Waals surface area contributed by atoms with Gasteiger partial charge in [-0.1, -0.05) is 127 Å². The zero-order valence-electron chi connectivity index (χ0n) is 63.7. The number of esters is 6. The van der Waals surface area contributed by atoms with Crippen molar-refractivity contribution in [1.29, 1.82) is 0 Å². The zero-order chi connectivity index (χ0) is 77.7. The number of para-hydroxylation sites is 6. The summed E-state index contributed by atoms with van der Waals surface area (Å²) in [6.45, 7) is 5.81. The molecule has 9 rings (SSSR count). The third-order valence-corrected chi connectivity index (χ3v) is 16.3. The molecule has 0 aliphatic rings. The van der Waals surface area contributed by atoms with Crippen molar-refractivity contribution in [3.8, 4) is 51.7 Å². The van der Waals surface area contributed by atoms with Gasteiger partial charge in [0, 0.05) is 40.4 Å². The highest BCUT2D eigenvalue weighted by Gasteiger charge is 2.26. The van der Waals surface area contributed by atoms with Gasteiger partial charge in [0.15, 0.2) is 0 Å². The molecule has 108 heavy (non-hydrogen) atoms. The van der Waals surface area contributed by atoms with Crippen LogP contribution in [0.25, 0.3) is 0 Å².